The molecule has 1 aromatic heterocycles. The minimum atomic E-state index is -0.510. The van der Waals surface area contributed by atoms with Crippen LogP contribution in [0, 0.1) is 5.82 Å². The molecule has 0 aliphatic rings. The number of esters is 1. The van der Waals surface area contributed by atoms with Gasteiger partial charge >= 0.3 is 5.97 Å². The second-order valence-corrected chi connectivity index (χ2v) is 5.29. The molecule has 0 saturated carbocycles. The Morgan fingerprint density at radius 2 is 1.96 bits per heavy atom. The molecule has 0 bridgehead atoms. The average molecular weight is 341 g/mol. The van der Waals surface area contributed by atoms with Gasteiger partial charge in [-0.15, -0.1) is 0 Å². The molecule has 2 N–H and O–H groups in total. The van der Waals surface area contributed by atoms with Crippen LogP contribution in [0.2, 0.25) is 0 Å². The van der Waals surface area contributed by atoms with Crippen LogP contribution in [-0.2, 0) is 4.74 Å². The summed E-state index contributed by atoms with van der Waals surface area (Å²) in [6.07, 6.45) is 0. The number of anilines is 1. The van der Waals surface area contributed by atoms with Gasteiger partial charge in [0.05, 0.1) is 23.8 Å². The summed E-state index contributed by atoms with van der Waals surface area (Å²) in [5.41, 5.74) is 1.35. The van der Waals surface area contributed by atoms with Crippen molar-refractivity contribution in [2.75, 3.05) is 19.5 Å². The number of rotatable bonds is 4. The van der Waals surface area contributed by atoms with Crippen LogP contribution >= 0.6 is 0 Å². The number of hydrogen-bond donors (Lipinski definition) is 2. The van der Waals surface area contributed by atoms with Gasteiger partial charge in [-0.05, 0) is 29.8 Å². The fourth-order valence-corrected chi connectivity index (χ4v) is 2.61. The number of nitrogens with one attached hydrogen (secondary N) is 1. The van der Waals surface area contributed by atoms with E-state index >= 15 is 0 Å². The monoisotopic (exact) mass is 341 g/mol. The standard InChI is InChI=1S/C19H16FNO4/c1-21-18-15(11-6-5-7-12(10-11)19(23)24-2)16(22)17(25-18)13-8-3-4-9-14(13)20/h3-10,21-22H,1-2H3. The van der Waals surface area contributed by atoms with Gasteiger partial charge in [-0.3, -0.25) is 0 Å². The molecule has 0 radical (unpaired) electrons. The molecular formula is C19H16FNO4. The van der Waals surface area contributed by atoms with Gasteiger partial charge in [0, 0.05) is 7.05 Å². The SMILES string of the molecule is CNc1oc(-c2ccccc2F)c(O)c1-c1cccc(C(=O)OC)c1. The minimum Gasteiger partial charge on any atom is -0.504 e. The number of furan rings is 1. The van der Waals surface area contributed by atoms with E-state index in [1.54, 1.807) is 43.4 Å². The van der Waals surface area contributed by atoms with E-state index in [9.17, 15) is 14.3 Å². The largest absolute Gasteiger partial charge is 0.504 e. The third-order valence-electron chi connectivity index (χ3n) is 3.80. The molecule has 0 spiro atoms. The van der Waals surface area contributed by atoms with E-state index < -0.39 is 11.8 Å². The van der Waals surface area contributed by atoms with Gasteiger partial charge in [-0.1, -0.05) is 24.3 Å². The maximum absolute atomic E-state index is 14.1. The Balaban J connectivity index is 2.18. The van der Waals surface area contributed by atoms with Crippen molar-refractivity contribution < 1.29 is 23.4 Å². The van der Waals surface area contributed by atoms with E-state index in [2.05, 4.69) is 5.32 Å². The predicted octanol–water partition coefficient (Wildman–Crippen LogP) is 4.29. The summed E-state index contributed by atoms with van der Waals surface area (Å²) in [4.78, 5) is 11.7. The van der Waals surface area contributed by atoms with Crippen molar-refractivity contribution in [2.45, 2.75) is 0 Å². The molecule has 6 heteroatoms. The summed E-state index contributed by atoms with van der Waals surface area (Å²) in [6, 6.07) is 12.6. The molecule has 0 atom stereocenters. The number of methoxy groups -OCH3 is 1. The third kappa shape index (κ3) is 2.94. The molecule has 0 aliphatic heterocycles. The van der Waals surface area contributed by atoms with Crippen molar-refractivity contribution >= 4 is 11.9 Å². The van der Waals surface area contributed by atoms with Gasteiger partial charge in [0.15, 0.2) is 11.5 Å². The molecule has 25 heavy (non-hydrogen) atoms. The lowest BCUT2D eigenvalue weighted by Gasteiger charge is -2.05. The second-order valence-electron chi connectivity index (χ2n) is 5.29. The Morgan fingerprint density at radius 1 is 1.20 bits per heavy atom. The minimum absolute atomic E-state index is 0.0147. The van der Waals surface area contributed by atoms with Crippen molar-refractivity contribution in [3.63, 3.8) is 0 Å². The third-order valence-corrected chi connectivity index (χ3v) is 3.80. The van der Waals surface area contributed by atoms with Gasteiger partial charge in [0.2, 0.25) is 5.88 Å². The Kier molecular flexibility index (Phi) is 4.43. The quantitative estimate of drug-likeness (QED) is 0.693. The summed E-state index contributed by atoms with van der Waals surface area (Å²) in [5, 5.41) is 13.5. The van der Waals surface area contributed by atoms with Gasteiger partial charge in [0.25, 0.3) is 0 Å². The number of hydrogen-bond acceptors (Lipinski definition) is 5. The fraction of sp³-hybridized carbons (Fsp3) is 0.105. The van der Waals surface area contributed by atoms with Crippen molar-refractivity contribution in [1.82, 2.24) is 0 Å². The fourth-order valence-electron chi connectivity index (χ4n) is 2.61. The lowest BCUT2D eigenvalue weighted by Crippen LogP contribution is -2.00. The van der Waals surface area contributed by atoms with Crippen LogP contribution in [0.15, 0.2) is 52.9 Å². The van der Waals surface area contributed by atoms with E-state index in [4.69, 9.17) is 9.15 Å². The number of ether oxygens (including phenoxy) is 1. The smallest absolute Gasteiger partial charge is 0.337 e. The molecule has 1 heterocycles. The zero-order chi connectivity index (χ0) is 18.0. The number of benzene rings is 2. The Hall–Kier alpha value is -3.28. The van der Waals surface area contributed by atoms with Crippen LogP contribution in [0.5, 0.6) is 5.75 Å². The van der Waals surface area contributed by atoms with E-state index in [0.29, 0.717) is 16.7 Å². The van der Waals surface area contributed by atoms with E-state index in [1.807, 2.05) is 0 Å². The molecule has 0 amide bonds. The number of carbonyl (C=O) groups is 1. The van der Waals surface area contributed by atoms with Crippen LogP contribution in [0.1, 0.15) is 10.4 Å². The summed E-state index contributed by atoms with van der Waals surface area (Å²) >= 11 is 0. The first-order valence-corrected chi connectivity index (χ1v) is 7.54. The van der Waals surface area contributed by atoms with Gasteiger partial charge < -0.3 is 19.6 Å². The second kappa shape index (κ2) is 6.68. The van der Waals surface area contributed by atoms with Crippen LogP contribution in [-0.4, -0.2) is 25.2 Å². The maximum atomic E-state index is 14.1. The Labute approximate surface area is 143 Å². The summed E-state index contributed by atoms with van der Waals surface area (Å²) in [5.74, 6) is -0.940. The number of carbonyl (C=O) groups excluding carboxylic acids is 1. The average Bonchev–Trinajstić information content (AvgIpc) is 2.98. The summed E-state index contributed by atoms with van der Waals surface area (Å²) in [6.45, 7) is 0. The first-order chi connectivity index (χ1) is 12.1. The molecule has 5 nitrogen and oxygen atoms in total. The van der Waals surface area contributed by atoms with E-state index in [1.165, 1.54) is 19.2 Å². The highest BCUT2D eigenvalue weighted by Crippen LogP contribution is 2.46. The maximum Gasteiger partial charge on any atom is 0.337 e. The number of aromatic hydroxyl groups is 1. The molecule has 0 aliphatic carbocycles. The molecule has 0 fully saturated rings. The molecule has 2 aromatic carbocycles. The van der Waals surface area contributed by atoms with Crippen LogP contribution in [0.25, 0.3) is 22.5 Å². The van der Waals surface area contributed by atoms with Crippen molar-refractivity contribution in [2.24, 2.45) is 0 Å². The van der Waals surface area contributed by atoms with Crippen LogP contribution < -0.4 is 5.32 Å². The van der Waals surface area contributed by atoms with Gasteiger partial charge in [0.1, 0.15) is 5.82 Å². The highest BCUT2D eigenvalue weighted by molar-refractivity contribution is 5.93. The lowest BCUT2D eigenvalue weighted by molar-refractivity contribution is 0.0601. The van der Waals surface area contributed by atoms with Crippen molar-refractivity contribution in [3.8, 4) is 28.2 Å². The Bertz CT molecular complexity index is 933. The zero-order valence-corrected chi connectivity index (χ0v) is 13.7. The zero-order valence-electron chi connectivity index (χ0n) is 13.7. The van der Waals surface area contributed by atoms with E-state index in [-0.39, 0.29) is 23.0 Å². The molecule has 128 valence electrons. The normalized spacial score (nSPS) is 10.5. The van der Waals surface area contributed by atoms with Gasteiger partial charge in [-0.2, -0.15) is 0 Å². The highest BCUT2D eigenvalue weighted by Gasteiger charge is 2.24. The summed E-state index contributed by atoms with van der Waals surface area (Å²) in [7, 11) is 2.91. The Morgan fingerprint density at radius 3 is 2.64 bits per heavy atom. The lowest BCUT2D eigenvalue weighted by atomic mass is 10.0. The van der Waals surface area contributed by atoms with Crippen molar-refractivity contribution in [3.05, 3.63) is 59.9 Å². The van der Waals surface area contributed by atoms with Crippen LogP contribution in [0.4, 0.5) is 10.3 Å². The first-order valence-electron chi connectivity index (χ1n) is 7.54. The molecule has 0 saturated heterocycles. The summed E-state index contributed by atoms with van der Waals surface area (Å²) < 4.78 is 24.4. The van der Waals surface area contributed by atoms with Gasteiger partial charge in [-0.25, -0.2) is 9.18 Å². The molecular weight excluding hydrogens is 325 g/mol. The molecule has 3 aromatic rings. The predicted molar refractivity (Wildman–Crippen MR) is 92.1 cm³/mol. The van der Waals surface area contributed by atoms with Crippen molar-refractivity contribution in [1.29, 1.82) is 0 Å². The molecule has 0 unspecified atom stereocenters. The van der Waals surface area contributed by atoms with E-state index in [0.717, 1.165) is 0 Å². The topological polar surface area (TPSA) is 71.7 Å². The first kappa shape index (κ1) is 16.6. The van der Waals surface area contributed by atoms with Crippen LogP contribution in [0.3, 0.4) is 0 Å². The highest BCUT2D eigenvalue weighted by atomic mass is 19.1. The number of halogens is 1. The molecule has 3 rings (SSSR count).